The first-order chi connectivity index (χ1) is 11.3. The highest BCUT2D eigenvalue weighted by atomic mass is 32.1. The number of fused-ring (bicyclic) bond motifs is 1. The van der Waals surface area contributed by atoms with Gasteiger partial charge in [0, 0.05) is 29.1 Å². The molecule has 0 saturated carbocycles. The minimum absolute atomic E-state index is 0.135. The fourth-order valence-electron chi connectivity index (χ4n) is 2.88. The third-order valence-electron chi connectivity index (χ3n) is 4.02. The monoisotopic (exact) mass is 321 g/mol. The molecule has 1 aliphatic carbocycles. The molecule has 23 heavy (non-hydrogen) atoms. The first-order valence-corrected chi connectivity index (χ1v) is 8.42. The van der Waals surface area contributed by atoms with Crippen LogP contribution in [0, 0.1) is 0 Å². The van der Waals surface area contributed by atoms with Crippen LogP contribution in [0.1, 0.15) is 33.3 Å². The molecular weight excluding hydrogens is 306 g/mol. The Morgan fingerprint density at radius 1 is 1.09 bits per heavy atom. The van der Waals surface area contributed by atoms with E-state index in [9.17, 15) is 4.79 Å². The topological polar surface area (TPSA) is 54.9 Å². The number of nitrogens with zero attached hydrogens (tertiary/aromatic N) is 2. The van der Waals surface area contributed by atoms with Crippen LogP contribution in [0.4, 0.5) is 11.6 Å². The molecule has 3 aromatic rings. The summed E-state index contributed by atoms with van der Waals surface area (Å²) in [6, 6.07) is 13.9. The van der Waals surface area contributed by atoms with E-state index in [2.05, 4.69) is 26.7 Å². The second-order valence-electron chi connectivity index (χ2n) is 5.59. The summed E-state index contributed by atoms with van der Waals surface area (Å²) in [5.74, 6) is 0.903. The van der Waals surface area contributed by atoms with Crippen LogP contribution in [0.2, 0.25) is 0 Å². The number of carbonyl (C=O) groups excluding carboxylic acids is 1. The minimum Gasteiger partial charge on any atom is -0.324 e. The molecule has 4 rings (SSSR count). The van der Waals surface area contributed by atoms with Gasteiger partial charge in [0.15, 0.2) is 5.78 Å². The zero-order valence-corrected chi connectivity index (χ0v) is 13.2. The molecule has 0 spiro atoms. The SMILES string of the molecule is O=C1C[C@H](c2cccs2)Cc2nc(Nc3ccccc3)ncc21. The van der Waals surface area contributed by atoms with E-state index >= 15 is 0 Å². The van der Waals surface area contributed by atoms with Gasteiger partial charge in [-0.3, -0.25) is 4.79 Å². The quantitative estimate of drug-likeness (QED) is 0.785. The number of aromatic nitrogens is 2. The highest BCUT2D eigenvalue weighted by Crippen LogP contribution is 2.34. The lowest BCUT2D eigenvalue weighted by atomic mass is 9.86. The molecule has 0 aliphatic heterocycles. The first-order valence-electron chi connectivity index (χ1n) is 7.54. The number of ketones is 1. The summed E-state index contributed by atoms with van der Waals surface area (Å²) in [6.45, 7) is 0. The van der Waals surface area contributed by atoms with Crippen molar-refractivity contribution in [3.05, 3.63) is 70.2 Å². The average molecular weight is 321 g/mol. The normalized spacial score (nSPS) is 16.9. The minimum atomic E-state index is 0.135. The Hall–Kier alpha value is -2.53. The van der Waals surface area contributed by atoms with Gasteiger partial charge in [0.1, 0.15) is 0 Å². The van der Waals surface area contributed by atoms with E-state index in [0.717, 1.165) is 17.8 Å². The molecule has 4 nitrogen and oxygen atoms in total. The van der Waals surface area contributed by atoms with Crippen molar-refractivity contribution in [3.63, 3.8) is 0 Å². The Kier molecular flexibility index (Phi) is 3.63. The van der Waals surface area contributed by atoms with Gasteiger partial charge >= 0.3 is 0 Å². The van der Waals surface area contributed by atoms with Crippen molar-refractivity contribution in [3.8, 4) is 0 Å². The van der Waals surface area contributed by atoms with Crippen LogP contribution < -0.4 is 5.32 Å². The maximum absolute atomic E-state index is 12.4. The van der Waals surface area contributed by atoms with Crippen LogP contribution in [0.3, 0.4) is 0 Å². The van der Waals surface area contributed by atoms with Gasteiger partial charge in [-0.1, -0.05) is 24.3 Å². The smallest absolute Gasteiger partial charge is 0.227 e. The van der Waals surface area contributed by atoms with E-state index in [0.29, 0.717) is 17.9 Å². The highest BCUT2D eigenvalue weighted by Gasteiger charge is 2.28. The van der Waals surface area contributed by atoms with Gasteiger partial charge in [0.05, 0.1) is 11.3 Å². The second kappa shape index (κ2) is 5.93. The van der Waals surface area contributed by atoms with Crippen molar-refractivity contribution in [2.24, 2.45) is 0 Å². The predicted octanol–water partition coefficient (Wildman–Crippen LogP) is 4.19. The number of thiophene rings is 1. The third-order valence-corrected chi connectivity index (χ3v) is 5.05. The van der Waals surface area contributed by atoms with Gasteiger partial charge in [-0.2, -0.15) is 0 Å². The van der Waals surface area contributed by atoms with E-state index < -0.39 is 0 Å². The van der Waals surface area contributed by atoms with Gasteiger partial charge in [-0.25, -0.2) is 9.97 Å². The fraction of sp³-hybridized carbons (Fsp3) is 0.167. The van der Waals surface area contributed by atoms with E-state index in [1.165, 1.54) is 4.88 Å². The molecule has 0 saturated heterocycles. The summed E-state index contributed by atoms with van der Waals surface area (Å²) in [4.78, 5) is 22.5. The summed E-state index contributed by atoms with van der Waals surface area (Å²) in [5.41, 5.74) is 2.44. The maximum Gasteiger partial charge on any atom is 0.227 e. The standard InChI is InChI=1S/C18H15N3OS/c22-16-10-12(17-7-4-8-23-17)9-15-14(16)11-19-18(21-15)20-13-5-2-1-3-6-13/h1-8,11-12H,9-10H2,(H,19,20,21)/t12-/m1/s1. The Morgan fingerprint density at radius 2 is 1.96 bits per heavy atom. The molecule has 1 aromatic carbocycles. The molecule has 0 fully saturated rings. The zero-order valence-electron chi connectivity index (χ0n) is 12.4. The summed E-state index contributed by atoms with van der Waals surface area (Å²) >= 11 is 1.70. The first kappa shape index (κ1) is 14.1. The van der Waals surface area contributed by atoms with Crippen molar-refractivity contribution in [2.75, 3.05) is 5.32 Å². The van der Waals surface area contributed by atoms with Crippen molar-refractivity contribution in [1.82, 2.24) is 9.97 Å². The maximum atomic E-state index is 12.4. The van der Waals surface area contributed by atoms with Crippen molar-refractivity contribution >= 4 is 28.8 Å². The molecule has 0 bridgehead atoms. The van der Waals surface area contributed by atoms with Gasteiger partial charge in [-0.05, 0) is 30.0 Å². The number of para-hydroxylation sites is 1. The van der Waals surface area contributed by atoms with Crippen LogP contribution in [0.25, 0.3) is 0 Å². The molecule has 2 aromatic heterocycles. The fourth-order valence-corrected chi connectivity index (χ4v) is 3.71. The largest absolute Gasteiger partial charge is 0.324 e. The number of rotatable bonds is 3. The molecular formula is C18H15N3OS. The number of nitrogens with one attached hydrogen (secondary N) is 1. The van der Waals surface area contributed by atoms with E-state index in [4.69, 9.17) is 0 Å². The van der Waals surface area contributed by atoms with Gasteiger partial charge in [-0.15, -0.1) is 11.3 Å². The molecule has 0 amide bonds. The summed E-state index contributed by atoms with van der Waals surface area (Å²) in [6.07, 6.45) is 2.98. The Bertz CT molecular complexity index is 831. The second-order valence-corrected chi connectivity index (χ2v) is 6.57. The molecule has 1 aliphatic rings. The van der Waals surface area contributed by atoms with Gasteiger partial charge in [0.25, 0.3) is 0 Å². The third kappa shape index (κ3) is 2.87. The summed E-state index contributed by atoms with van der Waals surface area (Å²) in [5, 5.41) is 5.24. The Morgan fingerprint density at radius 3 is 2.74 bits per heavy atom. The molecule has 1 N–H and O–H groups in total. The van der Waals surface area contributed by atoms with Gasteiger partial charge < -0.3 is 5.32 Å². The van der Waals surface area contributed by atoms with E-state index in [1.54, 1.807) is 17.5 Å². The lowest BCUT2D eigenvalue weighted by Gasteiger charge is -2.22. The van der Waals surface area contributed by atoms with Crippen LogP contribution in [-0.2, 0) is 6.42 Å². The highest BCUT2D eigenvalue weighted by molar-refractivity contribution is 7.10. The molecule has 0 unspecified atom stereocenters. The number of hydrogen-bond donors (Lipinski definition) is 1. The molecule has 1 atom stereocenters. The van der Waals surface area contributed by atoms with Crippen molar-refractivity contribution in [1.29, 1.82) is 0 Å². The lowest BCUT2D eigenvalue weighted by molar-refractivity contribution is 0.0963. The summed E-state index contributed by atoms with van der Waals surface area (Å²) < 4.78 is 0. The molecule has 2 heterocycles. The summed E-state index contributed by atoms with van der Waals surface area (Å²) in [7, 11) is 0. The van der Waals surface area contributed by atoms with Crippen molar-refractivity contribution in [2.45, 2.75) is 18.8 Å². The Labute approximate surface area is 138 Å². The number of anilines is 2. The lowest BCUT2D eigenvalue weighted by Crippen LogP contribution is -2.20. The number of benzene rings is 1. The van der Waals surface area contributed by atoms with Crippen LogP contribution >= 0.6 is 11.3 Å². The molecule has 0 radical (unpaired) electrons. The average Bonchev–Trinajstić information content (AvgIpc) is 3.10. The molecule has 114 valence electrons. The molecule has 5 heteroatoms. The Balaban J connectivity index is 1.63. The van der Waals surface area contributed by atoms with Crippen LogP contribution in [0.5, 0.6) is 0 Å². The number of Topliss-reactive ketones (excluding diaryl/α,β-unsaturated/α-hetero) is 1. The predicted molar refractivity (Wildman–Crippen MR) is 91.5 cm³/mol. The van der Waals surface area contributed by atoms with Gasteiger partial charge in [0.2, 0.25) is 5.95 Å². The zero-order chi connectivity index (χ0) is 15.6. The van der Waals surface area contributed by atoms with Crippen molar-refractivity contribution < 1.29 is 4.79 Å². The number of hydrogen-bond acceptors (Lipinski definition) is 5. The van der Waals surface area contributed by atoms with Crippen LogP contribution in [0.15, 0.2) is 54.0 Å². The van der Waals surface area contributed by atoms with E-state index in [1.807, 2.05) is 36.4 Å². The van der Waals surface area contributed by atoms with E-state index in [-0.39, 0.29) is 11.7 Å². The van der Waals surface area contributed by atoms with Crippen LogP contribution in [-0.4, -0.2) is 15.8 Å². The number of carbonyl (C=O) groups is 1.